The number of hydrogen-bond donors (Lipinski definition) is 5. The normalized spacial score (nSPS) is 40.1. The first-order valence-corrected chi connectivity index (χ1v) is 16.3. The third-order valence-corrected chi connectivity index (χ3v) is 9.92. The molecule has 11 atom stereocenters. The summed E-state index contributed by atoms with van der Waals surface area (Å²) < 4.78 is 18.1. The van der Waals surface area contributed by atoms with Gasteiger partial charge in [0.15, 0.2) is 0 Å². The highest BCUT2D eigenvalue weighted by Crippen LogP contribution is 2.39. The summed E-state index contributed by atoms with van der Waals surface area (Å²) in [5.41, 5.74) is -1.66. The van der Waals surface area contributed by atoms with Crippen molar-refractivity contribution >= 4 is 23.8 Å². The molecule has 0 aromatic heterocycles. The number of amides is 2. The summed E-state index contributed by atoms with van der Waals surface area (Å²) >= 11 is 1.19. The lowest BCUT2D eigenvalue weighted by Gasteiger charge is -2.44. The number of aliphatic hydroxyl groups excluding tert-OH is 4. The fourth-order valence-corrected chi connectivity index (χ4v) is 7.86. The van der Waals surface area contributed by atoms with Gasteiger partial charge in [-0.05, 0) is 64.7 Å². The molecule has 0 saturated carbocycles. The summed E-state index contributed by atoms with van der Waals surface area (Å²) in [4.78, 5) is 29.0. The maximum Gasteiger partial charge on any atom is 0.411 e. The Labute approximate surface area is 253 Å². The molecule has 12 heteroatoms. The fraction of sp³-hybridized carbons (Fsp3) is 0.867. The van der Waals surface area contributed by atoms with Crippen LogP contribution in [-0.2, 0) is 19.0 Å². The van der Waals surface area contributed by atoms with Crippen LogP contribution >= 0.6 is 11.8 Å². The van der Waals surface area contributed by atoms with Crippen LogP contribution in [-0.4, -0.2) is 116 Å². The van der Waals surface area contributed by atoms with E-state index >= 15 is 0 Å². The van der Waals surface area contributed by atoms with Gasteiger partial charge in [0.05, 0.1) is 18.8 Å². The van der Waals surface area contributed by atoms with Crippen molar-refractivity contribution in [1.29, 1.82) is 0 Å². The molecule has 240 valence electrons. The quantitative estimate of drug-likeness (QED) is 0.289. The van der Waals surface area contributed by atoms with Crippen LogP contribution in [0.2, 0.25) is 0 Å². The molecule has 4 aliphatic heterocycles. The van der Waals surface area contributed by atoms with Gasteiger partial charge in [0.1, 0.15) is 41.5 Å². The molecule has 0 aromatic rings. The number of thioether (sulfide) groups is 1. The average molecular weight is 615 g/mol. The Hall–Kier alpha value is -1.41. The average Bonchev–Trinajstić information content (AvgIpc) is 3.15. The van der Waals surface area contributed by atoms with Gasteiger partial charge in [-0.3, -0.25) is 9.69 Å². The van der Waals surface area contributed by atoms with Crippen LogP contribution in [0.25, 0.3) is 0 Å². The highest BCUT2D eigenvalue weighted by molar-refractivity contribution is 8.00. The number of allylic oxidation sites excluding steroid dienone is 1. The maximum atomic E-state index is 14.1. The Morgan fingerprint density at radius 1 is 1.10 bits per heavy atom. The zero-order valence-electron chi connectivity index (χ0n) is 25.4. The van der Waals surface area contributed by atoms with E-state index in [4.69, 9.17) is 14.2 Å². The molecule has 11 nitrogen and oxygen atoms in total. The van der Waals surface area contributed by atoms with Gasteiger partial charge in [-0.15, -0.1) is 11.8 Å². The molecule has 4 unspecified atom stereocenters. The summed E-state index contributed by atoms with van der Waals surface area (Å²) in [5.74, 6) is 0.481. The number of rotatable bonds is 5. The molecule has 2 bridgehead atoms. The fourth-order valence-electron chi connectivity index (χ4n) is 6.65. The standard InChI is InChI=1S/C30H50N2O9S/c1-16(2)12-17-10-11-39-25-18(13-17)14-32(29(38)41-30(3,4)5)21(25)27(37)31-20-9-7-6-8-19(15-33)42-28-24(36)22(34)23(35)26(20)40-28/h6-7,16-26,28,33-36H,8-15H2,1-5H3,(H,31,37)/b7-6-/t17-,18-,19?,20+,21-,22?,23?,24+,25+,26+,28?/m0/s1. The predicted octanol–water partition coefficient (Wildman–Crippen LogP) is 1.80. The third kappa shape index (κ3) is 7.99. The zero-order valence-corrected chi connectivity index (χ0v) is 26.2. The van der Waals surface area contributed by atoms with Gasteiger partial charge in [0.25, 0.3) is 0 Å². The van der Waals surface area contributed by atoms with Crippen molar-refractivity contribution in [1.82, 2.24) is 10.2 Å². The van der Waals surface area contributed by atoms with E-state index < -0.39 is 65.6 Å². The van der Waals surface area contributed by atoms with Gasteiger partial charge < -0.3 is 40.0 Å². The molecule has 4 aliphatic rings. The van der Waals surface area contributed by atoms with Crippen molar-refractivity contribution in [2.75, 3.05) is 19.8 Å². The van der Waals surface area contributed by atoms with Gasteiger partial charge in [-0.1, -0.05) is 26.0 Å². The molecule has 3 fully saturated rings. The molecule has 2 amide bonds. The highest BCUT2D eigenvalue weighted by Gasteiger charge is 2.53. The van der Waals surface area contributed by atoms with E-state index in [1.807, 2.05) is 12.2 Å². The van der Waals surface area contributed by atoms with Gasteiger partial charge >= 0.3 is 6.09 Å². The number of nitrogens with zero attached hydrogens (tertiary/aromatic N) is 1. The molecule has 4 rings (SSSR count). The lowest BCUT2D eigenvalue weighted by Crippen LogP contribution is -2.64. The van der Waals surface area contributed by atoms with Crippen LogP contribution in [0.1, 0.15) is 66.7 Å². The molecule has 4 heterocycles. The van der Waals surface area contributed by atoms with Crippen LogP contribution in [0.4, 0.5) is 4.79 Å². The molecule has 0 aliphatic carbocycles. The summed E-state index contributed by atoms with van der Waals surface area (Å²) in [6.45, 7) is 10.4. The first-order valence-electron chi connectivity index (χ1n) is 15.3. The number of carbonyl (C=O) groups is 2. The van der Waals surface area contributed by atoms with E-state index in [9.17, 15) is 30.0 Å². The highest BCUT2D eigenvalue weighted by atomic mass is 32.2. The number of aliphatic hydroxyl groups is 4. The molecule has 0 radical (unpaired) electrons. The van der Waals surface area contributed by atoms with Gasteiger partial charge in [0.2, 0.25) is 5.91 Å². The Morgan fingerprint density at radius 2 is 1.81 bits per heavy atom. The number of hydrogen-bond acceptors (Lipinski definition) is 10. The smallest absolute Gasteiger partial charge is 0.411 e. The second-order valence-electron chi connectivity index (χ2n) is 13.6. The number of carbonyl (C=O) groups excluding carboxylic acids is 2. The van der Waals surface area contributed by atoms with Gasteiger partial charge in [-0.2, -0.15) is 0 Å². The molecule has 5 N–H and O–H groups in total. The number of ether oxygens (including phenoxy) is 3. The molecular weight excluding hydrogens is 564 g/mol. The predicted molar refractivity (Wildman–Crippen MR) is 158 cm³/mol. The van der Waals surface area contributed by atoms with Crippen LogP contribution in [0.5, 0.6) is 0 Å². The zero-order chi connectivity index (χ0) is 30.8. The van der Waals surface area contributed by atoms with Crippen LogP contribution in [0.15, 0.2) is 12.2 Å². The van der Waals surface area contributed by atoms with E-state index in [0.717, 1.165) is 19.3 Å². The van der Waals surface area contributed by atoms with E-state index in [0.29, 0.717) is 31.4 Å². The molecule has 42 heavy (non-hydrogen) atoms. The Kier molecular flexibility index (Phi) is 11.3. The lowest BCUT2D eigenvalue weighted by molar-refractivity contribution is -0.205. The molecule has 3 saturated heterocycles. The van der Waals surface area contributed by atoms with Crippen molar-refractivity contribution in [2.24, 2.45) is 17.8 Å². The van der Waals surface area contributed by atoms with Crippen molar-refractivity contribution < 1.29 is 44.2 Å². The van der Waals surface area contributed by atoms with Crippen LogP contribution < -0.4 is 5.32 Å². The number of fused-ring (bicyclic) bond motifs is 3. The summed E-state index contributed by atoms with van der Waals surface area (Å²) in [6.07, 6.45) is 0.850. The van der Waals surface area contributed by atoms with Gasteiger partial charge in [-0.25, -0.2) is 4.79 Å². The topological polar surface area (TPSA) is 158 Å². The van der Waals surface area contributed by atoms with E-state index in [-0.39, 0.29) is 24.2 Å². The van der Waals surface area contributed by atoms with E-state index in [1.165, 1.54) is 16.7 Å². The van der Waals surface area contributed by atoms with Crippen molar-refractivity contribution in [3.63, 3.8) is 0 Å². The SMILES string of the molecule is CC(C)C[C@@H]1CCO[C@@H]2[C@@H](C1)CN(C(=O)OC(C)(C)C)[C@@H]2C(=O)N[C@@H]1C/C=C\CC(CO)SC2O[C@H]1C(O)C(O)[C@H]2O. The molecule has 0 aromatic carbocycles. The Bertz CT molecular complexity index is 960. The number of likely N-dealkylation sites (tertiary alicyclic amines) is 1. The lowest BCUT2D eigenvalue weighted by atomic mass is 9.85. The Morgan fingerprint density at radius 3 is 2.48 bits per heavy atom. The number of nitrogens with one attached hydrogen (secondary N) is 1. The summed E-state index contributed by atoms with van der Waals surface area (Å²) in [6, 6.07) is -1.71. The van der Waals surface area contributed by atoms with Crippen molar-refractivity contribution in [2.45, 2.75) is 126 Å². The first kappa shape index (κ1) is 33.5. The summed E-state index contributed by atoms with van der Waals surface area (Å²) in [7, 11) is 0. The van der Waals surface area contributed by atoms with E-state index in [2.05, 4.69) is 19.2 Å². The molecular formula is C30H50N2O9S. The second-order valence-corrected chi connectivity index (χ2v) is 15.0. The largest absolute Gasteiger partial charge is 0.444 e. The van der Waals surface area contributed by atoms with Crippen molar-refractivity contribution in [3.05, 3.63) is 12.2 Å². The first-order chi connectivity index (χ1) is 19.8. The van der Waals surface area contributed by atoms with Crippen LogP contribution in [0, 0.1) is 17.8 Å². The summed E-state index contributed by atoms with van der Waals surface area (Å²) in [5, 5.41) is 44.7. The van der Waals surface area contributed by atoms with Crippen LogP contribution in [0.3, 0.4) is 0 Å². The van der Waals surface area contributed by atoms with E-state index in [1.54, 1.807) is 20.8 Å². The third-order valence-electron chi connectivity index (χ3n) is 8.53. The van der Waals surface area contributed by atoms with Crippen molar-refractivity contribution in [3.8, 4) is 0 Å². The minimum absolute atomic E-state index is 0.0341. The second kappa shape index (κ2) is 14.1. The maximum absolute atomic E-state index is 14.1. The molecule has 0 spiro atoms. The minimum Gasteiger partial charge on any atom is -0.444 e. The Balaban J connectivity index is 1.60. The monoisotopic (exact) mass is 614 g/mol. The van der Waals surface area contributed by atoms with Gasteiger partial charge in [0, 0.05) is 24.3 Å². The minimum atomic E-state index is -1.50.